The molecule has 1 amide bonds. The van der Waals surface area contributed by atoms with Gasteiger partial charge in [0.1, 0.15) is 5.60 Å². The lowest BCUT2D eigenvalue weighted by molar-refractivity contribution is -0.0946. The van der Waals surface area contributed by atoms with E-state index in [1.54, 1.807) is 16.2 Å². The van der Waals surface area contributed by atoms with Gasteiger partial charge in [-0.15, -0.1) is 11.3 Å². The largest absolute Gasteiger partial charge is 0.444 e. The summed E-state index contributed by atoms with van der Waals surface area (Å²) in [6.45, 7) is 9.93. The second-order valence-electron chi connectivity index (χ2n) is 6.87. The molecule has 5 heteroatoms. The van der Waals surface area contributed by atoms with Crippen molar-refractivity contribution in [2.45, 2.75) is 64.8 Å². The van der Waals surface area contributed by atoms with Crippen molar-refractivity contribution in [3.05, 3.63) is 22.4 Å². The second kappa shape index (κ2) is 7.01. The molecule has 1 saturated heterocycles. The minimum atomic E-state index is -0.438. The van der Waals surface area contributed by atoms with E-state index >= 15 is 0 Å². The first kappa shape index (κ1) is 17.3. The summed E-state index contributed by atoms with van der Waals surface area (Å²) in [6.07, 6.45) is 2.50. The highest BCUT2D eigenvalue weighted by Crippen LogP contribution is 2.31. The number of hydrogen-bond donors (Lipinski definition) is 0. The molecular weight excluding hydrogens is 298 g/mol. The number of ether oxygens (including phenoxy) is 2. The molecule has 0 saturated carbocycles. The summed E-state index contributed by atoms with van der Waals surface area (Å²) in [6, 6.07) is 4.15. The highest BCUT2D eigenvalue weighted by molar-refractivity contribution is 7.09. The quantitative estimate of drug-likeness (QED) is 0.821. The Kier molecular flexibility index (Phi) is 5.50. The summed E-state index contributed by atoms with van der Waals surface area (Å²) in [5.41, 5.74) is -0.547. The van der Waals surface area contributed by atoms with Gasteiger partial charge in [0, 0.05) is 18.0 Å². The number of nitrogens with zero attached hydrogens (tertiary/aromatic N) is 1. The van der Waals surface area contributed by atoms with Crippen molar-refractivity contribution in [1.82, 2.24) is 4.90 Å². The Morgan fingerprint density at radius 3 is 2.55 bits per heavy atom. The lowest BCUT2D eigenvalue weighted by Crippen LogP contribution is -2.49. The van der Waals surface area contributed by atoms with Gasteiger partial charge < -0.3 is 14.4 Å². The number of carbonyl (C=O) groups excluding carboxylic acids is 1. The van der Waals surface area contributed by atoms with Crippen molar-refractivity contribution < 1.29 is 14.3 Å². The van der Waals surface area contributed by atoms with E-state index in [9.17, 15) is 4.79 Å². The van der Waals surface area contributed by atoms with Gasteiger partial charge in [0.25, 0.3) is 0 Å². The molecule has 0 N–H and O–H groups in total. The number of thiophene rings is 1. The van der Waals surface area contributed by atoms with Gasteiger partial charge >= 0.3 is 6.09 Å². The van der Waals surface area contributed by atoms with E-state index in [4.69, 9.17) is 9.47 Å². The molecule has 1 aromatic rings. The lowest BCUT2D eigenvalue weighted by Gasteiger charge is -2.41. The first-order valence-corrected chi connectivity index (χ1v) is 8.86. The number of rotatable bonds is 4. The van der Waals surface area contributed by atoms with E-state index in [1.165, 1.54) is 4.88 Å². The van der Waals surface area contributed by atoms with Crippen LogP contribution in [0.25, 0.3) is 0 Å². The molecule has 0 radical (unpaired) electrons. The molecule has 22 heavy (non-hydrogen) atoms. The minimum Gasteiger partial charge on any atom is -0.444 e. The summed E-state index contributed by atoms with van der Waals surface area (Å²) in [7, 11) is 0. The number of piperidine rings is 1. The summed E-state index contributed by atoms with van der Waals surface area (Å²) in [4.78, 5) is 15.2. The fraction of sp³-hybridized carbons (Fsp3) is 0.706. The van der Waals surface area contributed by atoms with Crippen LogP contribution in [-0.2, 0) is 16.1 Å². The third-order valence-electron chi connectivity index (χ3n) is 4.07. The summed E-state index contributed by atoms with van der Waals surface area (Å²) in [5.74, 6) is 0. The maximum absolute atomic E-state index is 12.1. The Morgan fingerprint density at radius 1 is 1.36 bits per heavy atom. The van der Waals surface area contributed by atoms with Gasteiger partial charge in [0.15, 0.2) is 0 Å². The van der Waals surface area contributed by atoms with Crippen molar-refractivity contribution in [2.75, 3.05) is 13.1 Å². The summed E-state index contributed by atoms with van der Waals surface area (Å²) >= 11 is 1.72. The van der Waals surface area contributed by atoms with Crippen molar-refractivity contribution in [3.63, 3.8) is 0 Å². The van der Waals surface area contributed by atoms with Crippen LogP contribution in [0.3, 0.4) is 0 Å². The zero-order valence-electron chi connectivity index (χ0n) is 14.1. The Bertz CT molecular complexity index is 471. The average molecular weight is 325 g/mol. The standard InChI is InChI=1S/C17H27NO3S/c1-5-17(20-13-14-7-6-12-22-14)8-10-18(11-9-17)15(19)21-16(2,3)4/h6-7,12H,5,8-11,13H2,1-4H3. The highest BCUT2D eigenvalue weighted by atomic mass is 32.1. The van der Waals surface area contributed by atoms with Gasteiger partial charge in [-0.3, -0.25) is 0 Å². The van der Waals surface area contributed by atoms with Crippen molar-refractivity contribution in [1.29, 1.82) is 0 Å². The first-order valence-electron chi connectivity index (χ1n) is 7.98. The normalized spacial score (nSPS) is 18.3. The van der Waals surface area contributed by atoms with Gasteiger partial charge in [0.05, 0.1) is 12.2 Å². The van der Waals surface area contributed by atoms with Gasteiger partial charge in [-0.25, -0.2) is 4.79 Å². The smallest absolute Gasteiger partial charge is 0.410 e. The molecule has 0 unspecified atom stereocenters. The fourth-order valence-electron chi connectivity index (χ4n) is 2.64. The fourth-order valence-corrected chi connectivity index (χ4v) is 3.26. The van der Waals surface area contributed by atoms with Crippen LogP contribution >= 0.6 is 11.3 Å². The lowest BCUT2D eigenvalue weighted by atomic mass is 9.88. The van der Waals surface area contributed by atoms with Crippen LogP contribution in [0.15, 0.2) is 17.5 Å². The Labute approximate surface area is 137 Å². The second-order valence-corrected chi connectivity index (χ2v) is 7.90. The average Bonchev–Trinajstić information content (AvgIpc) is 2.97. The summed E-state index contributed by atoms with van der Waals surface area (Å²) < 4.78 is 11.7. The molecule has 2 rings (SSSR count). The van der Waals surface area contributed by atoms with Gasteiger partial charge in [-0.1, -0.05) is 13.0 Å². The maximum Gasteiger partial charge on any atom is 0.410 e. The van der Waals surface area contributed by atoms with E-state index in [0.717, 1.165) is 19.3 Å². The zero-order valence-corrected chi connectivity index (χ0v) is 14.9. The Morgan fingerprint density at radius 2 is 2.05 bits per heavy atom. The van der Waals surface area contributed by atoms with Gasteiger partial charge in [-0.2, -0.15) is 0 Å². The number of likely N-dealkylation sites (tertiary alicyclic amines) is 1. The highest BCUT2D eigenvalue weighted by Gasteiger charge is 2.36. The molecule has 4 nitrogen and oxygen atoms in total. The van der Waals surface area contributed by atoms with Crippen molar-refractivity contribution in [2.24, 2.45) is 0 Å². The topological polar surface area (TPSA) is 38.8 Å². The first-order chi connectivity index (χ1) is 10.3. The molecule has 0 bridgehead atoms. The number of carbonyl (C=O) groups is 1. The molecule has 0 aromatic carbocycles. The van der Waals surface area contributed by atoms with E-state index in [2.05, 4.69) is 18.4 Å². The molecule has 2 heterocycles. The molecule has 1 fully saturated rings. The number of amides is 1. The molecule has 1 aliphatic heterocycles. The molecule has 1 aliphatic rings. The van der Waals surface area contributed by atoms with Crippen LogP contribution < -0.4 is 0 Å². The third kappa shape index (κ3) is 4.71. The molecule has 124 valence electrons. The van der Waals surface area contributed by atoms with Crippen molar-refractivity contribution >= 4 is 17.4 Å². The van der Waals surface area contributed by atoms with E-state index in [1.807, 2.05) is 26.8 Å². The van der Waals surface area contributed by atoms with E-state index < -0.39 is 5.60 Å². The van der Waals surface area contributed by atoms with Crippen LogP contribution in [-0.4, -0.2) is 35.3 Å². The minimum absolute atomic E-state index is 0.109. The van der Waals surface area contributed by atoms with Crippen LogP contribution in [0.1, 0.15) is 51.8 Å². The monoisotopic (exact) mass is 325 g/mol. The third-order valence-corrected chi connectivity index (χ3v) is 4.92. The predicted molar refractivity (Wildman–Crippen MR) is 89.2 cm³/mol. The van der Waals surface area contributed by atoms with E-state index in [0.29, 0.717) is 19.7 Å². The Hall–Kier alpha value is -1.07. The van der Waals surface area contributed by atoms with Crippen molar-refractivity contribution in [3.8, 4) is 0 Å². The number of hydrogen-bond acceptors (Lipinski definition) is 4. The van der Waals surface area contributed by atoms with Gasteiger partial charge in [0.2, 0.25) is 0 Å². The van der Waals surface area contributed by atoms with Crippen LogP contribution in [0.4, 0.5) is 4.79 Å². The maximum atomic E-state index is 12.1. The molecule has 1 aromatic heterocycles. The Balaban J connectivity index is 1.86. The molecule has 0 aliphatic carbocycles. The molecular formula is C17H27NO3S. The zero-order chi connectivity index (χ0) is 16.2. The van der Waals surface area contributed by atoms with Crippen LogP contribution in [0, 0.1) is 0 Å². The van der Waals surface area contributed by atoms with Crippen LogP contribution in [0.5, 0.6) is 0 Å². The molecule has 0 atom stereocenters. The predicted octanol–water partition coefficient (Wildman–Crippen LogP) is 4.44. The SMILES string of the molecule is CCC1(OCc2cccs2)CCN(C(=O)OC(C)(C)C)CC1. The van der Waals surface area contributed by atoms with Gasteiger partial charge in [-0.05, 0) is 51.5 Å². The van der Waals surface area contributed by atoms with Crippen LogP contribution in [0.2, 0.25) is 0 Å². The molecule has 0 spiro atoms. The van der Waals surface area contributed by atoms with E-state index in [-0.39, 0.29) is 11.7 Å². The summed E-state index contributed by atoms with van der Waals surface area (Å²) in [5, 5.41) is 2.07.